The first-order chi connectivity index (χ1) is 10.0. The summed E-state index contributed by atoms with van der Waals surface area (Å²) in [6, 6.07) is 6.32. The van der Waals surface area contributed by atoms with Crippen molar-refractivity contribution in [2.75, 3.05) is 13.1 Å². The number of hydrogen-bond acceptors (Lipinski definition) is 3. The summed E-state index contributed by atoms with van der Waals surface area (Å²) in [4.78, 5) is 36.4. The summed E-state index contributed by atoms with van der Waals surface area (Å²) in [5.74, 6) is -1.68. The Morgan fingerprint density at radius 3 is 2.71 bits per heavy atom. The summed E-state index contributed by atoms with van der Waals surface area (Å²) in [7, 11) is 0. The van der Waals surface area contributed by atoms with Crippen LogP contribution in [0.1, 0.15) is 28.8 Å². The van der Waals surface area contributed by atoms with Gasteiger partial charge in [-0.05, 0) is 31.4 Å². The van der Waals surface area contributed by atoms with Crippen LogP contribution in [0.2, 0.25) is 0 Å². The molecule has 6 nitrogen and oxygen atoms in total. The highest BCUT2D eigenvalue weighted by molar-refractivity contribution is 5.98. The van der Waals surface area contributed by atoms with Crippen molar-refractivity contribution >= 4 is 17.8 Å². The first kappa shape index (κ1) is 15.0. The minimum atomic E-state index is -0.994. The number of carbonyl (C=O) groups excluding carboxylic acids is 2. The third-order valence-electron chi connectivity index (χ3n) is 3.65. The van der Waals surface area contributed by atoms with E-state index in [1.54, 1.807) is 12.1 Å². The third-order valence-corrected chi connectivity index (χ3v) is 3.65. The van der Waals surface area contributed by atoms with Gasteiger partial charge in [-0.25, -0.2) is 4.79 Å². The SMILES string of the molecule is Cc1ccccc1C(=O)NCC(=O)N1CCCC1C(=O)O. The van der Waals surface area contributed by atoms with E-state index in [0.29, 0.717) is 24.9 Å². The summed E-state index contributed by atoms with van der Waals surface area (Å²) < 4.78 is 0. The van der Waals surface area contributed by atoms with E-state index < -0.39 is 12.0 Å². The van der Waals surface area contributed by atoms with Crippen molar-refractivity contribution in [3.63, 3.8) is 0 Å². The lowest BCUT2D eigenvalue weighted by molar-refractivity contribution is -0.147. The molecule has 0 aromatic heterocycles. The van der Waals surface area contributed by atoms with E-state index in [0.717, 1.165) is 5.56 Å². The Morgan fingerprint density at radius 2 is 2.05 bits per heavy atom. The maximum atomic E-state index is 12.0. The molecule has 1 heterocycles. The fourth-order valence-corrected chi connectivity index (χ4v) is 2.50. The van der Waals surface area contributed by atoms with Crippen molar-refractivity contribution in [1.29, 1.82) is 0 Å². The Morgan fingerprint density at radius 1 is 1.33 bits per heavy atom. The molecular weight excluding hydrogens is 272 g/mol. The summed E-state index contributed by atoms with van der Waals surface area (Å²) in [5, 5.41) is 11.6. The average Bonchev–Trinajstić information content (AvgIpc) is 2.94. The Balaban J connectivity index is 1.94. The number of likely N-dealkylation sites (tertiary alicyclic amines) is 1. The van der Waals surface area contributed by atoms with E-state index >= 15 is 0 Å². The highest BCUT2D eigenvalue weighted by atomic mass is 16.4. The molecule has 112 valence electrons. The van der Waals surface area contributed by atoms with Crippen LogP contribution in [0, 0.1) is 6.92 Å². The number of hydrogen-bond donors (Lipinski definition) is 2. The molecule has 2 amide bonds. The predicted octanol–water partition coefficient (Wildman–Crippen LogP) is 0.800. The molecule has 0 bridgehead atoms. The molecule has 1 unspecified atom stereocenters. The largest absolute Gasteiger partial charge is 0.480 e. The van der Waals surface area contributed by atoms with Gasteiger partial charge in [0.2, 0.25) is 5.91 Å². The summed E-state index contributed by atoms with van der Waals surface area (Å²) >= 11 is 0. The van der Waals surface area contributed by atoms with Gasteiger partial charge < -0.3 is 15.3 Å². The highest BCUT2D eigenvalue weighted by Crippen LogP contribution is 2.17. The number of carboxylic acids is 1. The zero-order valence-electron chi connectivity index (χ0n) is 11.8. The van der Waals surface area contributed by atoms with Crippen molar-refractivity contribution in [2.24, 2.45) is 0 Å². The Labute approximate surface area is 122 Å². The number of nitrogens with zero attached hydrogens (tertiary/aromatic N) is 1. The average molecular weight is 290 g/mol. The minimum Gasteiger partial charge on any atom is -0.480 e. The normalized spacial score (nSPS) is 17.6. The topological polar surface area (TPSA) is 86.7 Å². The van der Waals surface area contributed by atoms with Gasteiger partial charge in [0.05, 0.1) is 6.54 Å². The molecule has 0 radical (unpaired) electrons. The van der Waals surface area contributed by atoms with Crippen molar-refractivity contribution in [2.45, 2.75) is 25.8 Å². The second-order valence-corrected chi connectivity index (χ2v) is 5.08. The summed E-state index contributed by atoms with van der Waals surface area (Å²) in [5.41, 5.74) is 1.34. The molecule has 1 aromatic rings. The van der Waals surface area contributed by atoms with Crippen LogP contribution < -0.4 is 5.32 Å². The van der Waals surface area contributed by atoms with Gasteiger partial charge in [0.15, 0.2) is 0 Å². The lowest BCUT2D eigenvalue weighted by Crippen LogP contribution is -2.45. The van der Waals surface area contributed by atoms with Crippen molar-refractivity contribution < 1.29 is 19.5 Å². The van der Waals surface area contributed by atoms with Crippen LogP contribution in [0.15, 0.2) is 24.3 Å². The number of benzene rings is 1. The van der Waals surface area contributed by atoms with E-state index in [1.807, 2.05) is 19.1 Å². The van der Waals surface area contributed by atoms with Crippen molar-refractivity contribution in [3.8, 4) is 0 Å². The molecule has 6 heteroatoms. The number of aryl methyl sites for hydroxylation is 1. The number of carbonyl (C=O) groups is 3. The number of carboxylic acid groups (broad SMARTS) is 1. The van der Waals surface area contributed by atoms with E-state index in [-0.39, 0.29) is 18.4 Å². The zero-order valence-corrected chi connectivity index (χ0v) is 11.8. The van der Waals surface area contributed by atoms with Crippen LogP contribution in [0.3, 0.4) is 0 Å². The zero-order chi connectivity index (χ0) is 15.4. The van der Waals surface area contributed by atoms with E-state index in [9.17, 15) is 14.4 Å². The third kappa shape index (κ3) is 3.39. The van der Waals surface area contributed by atoms with Gasteiger partial charge in [-0.1, -0.05) is 18.2 Å². The predicted molar refractivity (Wildman–Crippen MR) is 75.9 cm³/mol. The Hall–Kier alpha value is -2.37. The van der Waals surface area contributed by atoms with Crippen LogP contribution in [-0.2, 0) is 9.59 Å². The Bertz CT molecular complexity index is 571. The second kappa shape index (κ2) is 6.39. The quantitative estimate of drug-likeness (QED) is 0.858. The van der Waals surface area contributed by atoms with Crippen LogP contribution in [0.25, 0.3) is 0 Å². The van der Waals surface area contributed by atoms with Crippen LogP contribution >= 0.6 is 0 Å². The summed E-state index contributed by atoms with van der Waals surface area (Å²) in [6.07, 6.45) is 1.14. The molecule has 0 aliphatic carbocycles. The Kier molecular flexibility index (Phi) is 4.57. The molecule has 1 saturated heterocycles. The number of nitrogens with one attached hydrogen (secondary N) is 1. The van der Waals surface area contributed by atoms with E-state index in [1.165, 1.54) is 4.90 Å². The van der Waals surface area contributed by atoms with Gasteiger partial charge in [-0.2, -0.15) is 0 Å². The van der Waals surface area contributed by atoms with Gasteiger partial charge in [0, 0.05) is 12.1 Å². The molecule has 2 N–H and O–H groups in total. The lowest BCUT2D eigenvalue weighted by atomic mass is 10.1. The number of amides is 2. The van der Waals surface area contributed by atoms with Gasteiger partial charge >= 0.3 is 5.97 Å². The molecule has 1 aliphatic heterocycles. The molecule has 21 heavy (non-hydrogen) atoms. The summed E-state index contributed by atoms with van der Waals surface area (Å²) in [6.45, 7) is 2.06. The van der Waals surface area contributed by atoms with Gasteiger partial charge in [-0.15, -0.1) is 0 Å². The smallest absolute Gasteiger partial charge is 0.326 e. The highest BCUT2D eigenvalue weighted by Gasteiger charge is 2.33. The lowest BCUT2D eigenvalue weighted by Gasteiger charge is -2.21. The first-order valence-corrected chi connectivity index (χ1v) is 6.87. The van der Waals surface area contributed by atoms with Crippen LogP contribution in [0.5, 0.6) is 0 Å². The number of rotatable bonds is 4. The minimum absolute atomic E-state index is 0.184. The fourth-order valence-electron chi connectivity index (χ4n) is 2.50. The molecule has 0 saturated carbocycles. The fraction of sp³-hybridized carbons (Fsp3) is 0.400. The van der Waals surface area contributed by atoms with E-state index in [4.69, 9.17) is 5.11 Å². The monoisotopic (exact) mass is 290 g/mol. The molecule has 1 aliphatic rings. The maximum absolute atomic E-state index is 12.0. The van der Waals surface area contributed by atoms with E-state index in [2.05, 4.69) is 5.32 Å². The second-order valence-electron chi connectivity index (χ2n) is 5.08. The van der Waals surface area contributed by atoms with Crippen molar-refractivity contribution in [3.05, 3.63) is 35.4 Å². The van der Waals surface area contributed by atoms with Crippen LogP contribution in [0.4, 0.5) is 0 Å². The first-order valence-electron chi connectivity index (χ1n) is 6.87. The van der Waals surface area contributed by atoms with Gasteiger partial charge in [0.1, 0.15) is 6.04 Å². The molecule has 1 atom stereocenters. The van der Waals surface area contributed by atoms with Crippen molar-refractivity contribution in [1.82, 2.24) is 10.2 Å². The molecular formula is C15H18N2O4. The van der Waals surface area contributed by atoms with Gasteiger partial charge in [-0.3, -0.25) is 9.59 Å². The number of aliphatic carboxylic acids is 1. The van der Waals surface area contributed by atoms with Crippen LogP contribution in [-0.4, -0.2) is 46.9 Å². The molecule has 1 aromatic carbocycles. The molecule has 2 rings (SSSR count). The maximum Gasteiger partial charge on any atom is 0.326 e. The standard InChI is InChI=1S/C15H18N2O4/c1-10-5-2-3-6-11(10)14(19)16-9-13(18)17-8-4-7-12(17)15(20)21/h2-3,5-6,12H,4,7-9H2,1H3,(H,16,19)(H,20,21). The molecule has 0 spiro atoms. The molecule has 1 fully saturated rings. The van der Waals surface area contributed by atoms with Gasteiger partial charge in [0.25, 0.3) is 5.91 Å².